The number of ether oxygens (including phenoxy) is 3. The highest BCUT2D eigenvalue weighted by Crippen LogP contribution is 2.39. The van der Waals surface area contributed by atoms with E-state index in [-0.39, 0.29) is 5.91 Å². The maximum Gasteiger partial charge on any atom is 0.255 e. The first-order valence-electron chi connectivity index (χ1n) is 11.8. The van der Waals surface area contributed by atoms with Crippen LogP contribution in [-0.4, -0.2) is 34.9 Å². The fourth-order valence-corrected chi connectivity index (χ4v) is 4.41. The molecule has 9 nitrogen and oxygen atoms in total. The van der Waals surface area contributed by atoms with E-state index in [1.165, 1.54) is 6.33 Å². The summed E-state index contributed by atoms with van der Waals surface area (Å²) in [6.07, 6.45) is 1.45. The molecule has 1 atom stereocenters. The number of benzene rings is 3. The Morgan fingerprint density at radius 3 is 2.50 bits per heavy atom. The lowest BCUT2D eigenvalue weighted by atomic mass is 9.94. The maximum absolute atomic E-state index is 13.6. The smallest absolute Gasteiger partial charge is 0.255 e. The summed E-state index contributed by atoms with van der Waals surface area (Å²) in [5.74, 6) is 2.07. The predicted octanol–water partition coefficient (Wildman–Crippen LogP) is 5.46. The molecule has 0 saturated heterocycles. The van der Waals surface area contributed by atoms with Gasteiger partial charge in [0.25, 0.3) is 5.91 Å². The van der Waals surface area contributed by atoms with E-state index >= 15 is 0 Å². The molecule has 0 saturated carbocycles. The Morgan fingerprint density at radius 2 is 1.79 bits per heavy atom. The molecule has 5 rings (SSSR count). The van der Waals surface area contributed by atoms with Gasteiger partial charge in [0.1, 0.15) is 24.7 Å². The second-order valence-corrected chi connectivity index (χ2v) is 9.04. The normalized spacial score (nSPS) is 14.4. The van der Waals surface area contributed by atoms with Crippen LogP contribution in [-0.2, 0) is 11.4 Å². The van der Waals surface area contributed by atoms with Gasteiger partial charge in [-0.2, -0.15) is 10.1 Å². The third-order valence-corrected chi connectivity index (χ3v) is 6.45. The zero-order chi connectivity index (χ0) is 26.6. The SMILES string of the molecule is COc1ccc(NC(=O)C2=C(C)Nc3ncnn3C2c2ccc(OCc3ccc(Cl)cc3)c(OC)c2)cc1. The number of nitrogens with one attached hydrogen (secondary N) is 2. The van der Waals surface area contributed by atoms with E-state index in [4.69, 9.17) is 25.8 Å². The van der Waals surface area contributed by atoms with Crippen molar-refractivity contribution in [3.8, 4) is 17.2 Å². The number of hydrogen-bond acceptors (Lipinski definition) is 7. The average Bonchev–Trinajstić information content (AvgIpc) is 3.40. The van der Waals surface area contributed by atoms with Gasteiger partial charge in [-0.15, -0.1) is 0 Å². The molecule has 0 fully saturated rings. The number of nitrogens with zero attached hydrogens (tertiary/aromatic N) is 3. The van der Waals surface area contributed by atoms with Crippen LogP contribution >= 0.6 is 11.6 Å². The number of aromatic nitrogens is 3. The molecule has 1 amide bonds. The van der Waals surface area contributed by atoms with E-state index in [1.54, 1.807) is 43.2 Å². The third-order valence-electron chi connectivity index (χ3n) is 6.20. The largest absolute Gasteiger partial charge is 0.497 e. The number of methoxy groups -OCH3 is 2. The van der Waals surface area contributed by atoms with Crippen molar-refractivity contribution >= 4 is 29.1 Å². The Hall–Kier alpha value is -4.50. The van der Waals surface area contributed by atoms with Crippen molar-refractivity contribution in [1.29, 1.82) is 0 Å². The highest BCUT2D eigenvalue weighted by atomic mass is 35.5. The molecule has 4 aromatic rings. The Balaban J connectivity index is 1.45. The number of halogens is 1. The summed E-state index contributed by atoms with van der Waals surface area (Å²) >= 11 is 5.98. The van der Waals surface area contributed by atoms with E-state index < -0.39 is 6.04 Å². The van der Waals surface area contributed by atoms with Crippen LogP contribution in [0.2, 0.25) is 5.02 Å². The predicted molar refractivity (Wildman–Crippen MR) is 145 cm³/mol. The van der Waals surface area contributed by atoms with Crippen molar-refractivity contribution in [3.63, 3.8) is 0 Å². The topological polar surface area (TPSA) is 99.5 Å². The van der Waals surface area contributed by atoms with Gasteiger partial charge in [-0.05, 0) is 66.6 Å². The van der Waals surface area contributed by atoms with Gasteiger partial charge in [0, 0.05) is 16.4 Å². The second-order valence-electron chi connectivity index (χ2n) is 8.60. The average molecular weight is 532 g/mol. The van der Waals surface area contributed by atoms with Crippen LogP contribution in [0.1, 0.15) is 24.1 Å². The van der Waals surface area contributed by atoms with Crippen molar-refractivity contribution in [3.05, 3.63) is 100 Å². The zero-order valence-corrected chi connectivity index (χ0v) is 21.8. The zero-order valence-electron chi connectivity index (χ0n) is 21.1. The lowest BCUT2D eigenvalue weighted by Gasteiger charge is -2.29. The highest BCUT2D eigenvalue weighted by Gasteiger charge is 2.34. The van der Waals surface area contributed by atoms with Crippen molar-refractivity contribution in [1.82, 2.24) is 14.8 Å². The van der Waals surface area contributed by atoms with E-state index in [0.717, 1.165) is 11.1 Å². The summed E-state index contributed by atoms with van der Waals surface area (Å²) in [5.41, 5.74) is 3.57. The molecular formula is C28H26ClN5O4. The van der Waals surface area contributed by atoms with Gasteiger partial charge in [-0.1, -0.05) is 29.8 Å². The Labute approximate surface area is 225 Å². The van der Waals surface area contributed by atoms with E-state index in [9.17, 15) is 4.79 Å². The van der Waals surface area contributed by atoms with Crippen molar-refractivity contribution < 1.29 is 19.0 Å². The van der Waals surface area contributed by atoms with E-state index in [1.807, 2.05) is 49.4 Å². The van der Waals surface area contributed by atoms with Gasteiger partial charge < -0.3 is 24.8 Å². The molecule has 1 aromatic heterocycles. The van der Waals surface area contributed by atoms with Crippen LogP contribution in [0.25, 0.3) is 0 Å². The minimum atomic E-state index is -0.550. The molecule has 1 aliphatic rings. The molecule has 3 aromatic carbocycles. The molecule has 1 unspecified atom stereocenters. The van der Waals surface area contributed by atoms with Gasteiger partial charge in [0.05, 0.1) is 19.8 Å². The summed E-state index contributed by atoms with van der Waals surface area (Å²) in [4.78, 5) is 17.9. The Kier molecular flexibility index (Phi) is 7.19. The Morgan fingerprint density at radius 1 is 1.03 bits per heavy atom. The minimum Gasteiger partial charge on any atom is -0.497 e. The van der Waals surface area contributed by atoms with Gasteiger partial charge in [-0.3, -0.25) is 4.79 Å². The van der Waals surface area contributed by atoms with Crippen LogP contribution < -0.4 is 24.8 Å². The Bertz CT molecular complexity index is 1480. The first-order chi connectivity index (χ1) is 18.5. The summed E-state index contributed by atoms with van der Waals surface area (Å²) in [6.45, 7) is 2.19. The number of fused-ring (bicyclic) bond motifs is 1. The fraction of sp³-hybridized carbons (Fsp3) is 0.179. The minimum absolute atomic E-state index is 0.270. The lowest BCUT2D eigenvalue weighted by Crippen LogP contribution is -2.31. The molecule has 1 aliphatic heterocycles. The summed E-state index contributed by atoms with van der Waals surface area (Å²) in [7, 11) is 3.17. The van der Waals surface area contributed by atoms with Crippen molar-refractivity contribution in [2.75, 3.05) is 24.9 Å². The molecule has 2 heterocycles. The quantitative estimate of drug-likeness (QED) is 0.311. The van der Waals surface area contributed by atoms with Crippen molar-refractivity contribution in [2.45, 2.75) is 19.6 Å². The molecule has 194 valence electrons. The number of carbonyl (C=O) groups is 1. The molecule has 0 radical (unpaired) electrons. The first-order valence-corrected chi connectivity index (χ1v) is 12.2. The first kappa shape index (κ1) is 25.2. The number of rotatable bonds is 8. The standard InChI is InChI=1S/C28H26ClN5O4/c1-17-25(27(35)33-21-9-11-22(36-2)12-10-21)26(34-28(32-17)30-16-31-34)19-6-13-23(24(14-19)37-3)38-15-18-4-7-20(29)8-5-18/h4-14,16,26H,15H2,1-3H3,(H,33,35)(H,30,31,32). The number of hydrogen-bond donors (Lipinski definition) is 2. The molecular weight excluding hydrogens is 506 g/mol. The highest BCUT2D eigenvalue weighted by molar-refractivity contribution is 6.30. The van der Waals surface area contributed by atoms with Gasteiger partial charge >= 0.3 is 0 Å². The lowest BCUT2D eigenvalue weighted by molar-refractivity contribution is -0.113. The van der Waals surface area contributed by atoms with E-state index in [2.05, 4.69) is 20.7 Å². The summed E-state index contributed by atoms with van der Waals surface area (Å²) in [5, 5.41) is 11.2. The van der Waals surface area contributed by atoms with E-state index in [0.29, 0.717) is 51.8 Å². The molecule has 0 spiro atoms. The summed E-state index contributed by atoms with van der Waals surface area (Å²) in [6, 6.07) is 19.6. The number of carbonyl (C=O) groups excluding carboxylic acids is 1. The third kappa shape index (κ3) is 5.14. The van der Waals surface area contributed by atoms with Crippen LogP contribution in [0.5, 0.6) is 17.2 Å². The number of amides is 1. The van der Waals surface area contributed by atoms with Crippen LogP contribution in [0.3, 0.4) is 0 Å². The second kappa shape index (κ2) is 10.9. The van der Waals surface area contributed by atoms with Gasteiger partial charge in [0.15, 0.2) is 11.5 Å². The number of anilines is 2. The maximum atomic E-state index is 13.6. The number of allylic oxidation sites excluding steroid dienone is 1. The molecule has 0 bridgehead atoms. The van der Waals surface area contributed by atoms with Crippen LogP contribution in [0, 0.1) is 0 Å². The monoisotopic (exact) mass is 531 g/mol. The van der Waals surface area contributed by atoms with Crippen LogP contribution in [0.15, 0.2) is 84.3 Å². The molecule has 2 N–H and O–H groups in total. The summed E-state index contributed by atoms with van der Waals surface area (Å²) < 4.78 is 18.6. The van der Waals surface area contributed by atoms with Gasteiger partial charge in [0.2, 0.25) is 5.95 Å². The molecule has 10 heteroatoms. The molecule has 38 heavy (non-hydrogen) atoms. The fourth-order valence-electron chi connectivity index (χ4n) is 4.28. The van der Waals surface area contributed by atoms with Gasteiger partial charge in [-0.25, -0.2) is 4.68 Å². The van der Waals surface area contributed by atoms with Crippen molar-refractivity contribution in [2.24, 2.45) is 0 Å². The van der Waals surface area contributed by atoms with Crippen LogP contribution in [0.4, 0.5) is 11.6 Å². The molecule has 0 aliphatic carbocycles.